The molecule has 1 aromatic carbocycles. The molecule has 2 fully saturated rings. The third kappa shape index (κ3) is 6.35. The van der Waals surface area contributed by atoms with E-state index in [-0.39, 0.29) is 0 Å². The molecule has 0 atom stereocenters. The van der Waals surface area contributed by atoms with Crippen molar-refractivity contribution in [2.75, 3.05) is 46.4 Å². The molecule has 3 rings (SSSR count). The number of halogens is 3. The van der Waals surface area contributed by atoms with Crippen LogP contribution in [0.15, 0.2) is 29.3 Å². The summed E-state index contributed by atoms with van der Waals surface area (Å²) in [5.74, 6) is 0.715. The lowest BCUT2D eigenvalue weighted by atomic mass is 9.73. The van der Waals surface area contributed by atoms with E-state index >= 15 is 0 Å². The standard InChI is InChI=1S/C23H35F3N4O/c1-3-11-30-12-7-20(8-13-30)29-21(27-2)28-17-22(9-14-31-15-10-22)18-5-4-6-19(16-18)23(24,25)26/h4-6,16,20H,3,7-15,17H2,1-2H3,(H2,27,28,29). The Kier molecular flexibility index (Phi) is 8.22. The Hall–Kier alpha value is -1.80. The Morgan fingerprint density at radius 1 is 1.23 bits per heavy atom. The molecule has 0 saturated carbocycles. The number of nitrogens with one attached hydrogen (secondary N) is 2. The van der Waals surface area contributed by atoms with Crippen LogP contribution >= 0.6 is 0 Å². The molecule has 0 spiro atoms. The highest BCUT2D eigenvalue weighted by Crippen LogP contribution is 2.37. The molecular weight excluding hydrogens is 405 g/mol. The first-order chi connectivity index (χ1) is 14.9. The van der Waals surface area contributed by atoms with Crippen molar-refractivity contribution in [3.05, 3.63) is 35.4 Å². The second-order valence-corrected chi connectivity index (χ2v) is 8.66. The lowest BCUT2D eigenvalue weighted by molar-refractivity contribution is -0.137. The van der Waals surface area contributed by atoms with Gasteiger partial charge in [0.05, 0.1) is 5.56 Å². The molecule has 5 nitrogen and oxygen atoms in total. The van der Waals surface area contributed by atoms with Crippen molar-refractivity contribution in [1.82, 2.24) is 15.5 Å². The maximum absolute atomic E-state index is 13.3. The zero-order chi connectivity index (χ0) is 22.3. The van der Waals surface area contributed by atoms with Gasteiger partial charge in [0.1, 0.15) is 0 Å². The predicted octanol–water partition coefficient (Wildman–Crippen LogP) is 3.79. The maximum atomic E-state index is 13.3. The van der Waals surface area contributed by atoms with Gasteiger partial charge < -0.3 is 20.3 Å². The van der Waals surface area contributed by atoms with E-state index in [0.717, 1.165) is 38.5 Å². The predicted molar refractivity (Wildman–Crippen MR) is 117 cm³/mol. The van der Waals surface area contributed by atoms with E-state index in [1.54, 1.807) is 7.05 Å². The van der Waals surface area contributed by atoms with E-state index in [0.29, 0.717) is 50.2 Å². The molecule has 174 valence electrons. The first-order valence-electron chi connectivity index (χ1n) is 11.3. The van der Waals surface area contributed by atoms with Crippen LogP contribution in [0.4, 0.5) is 13.2 Å². The molecule has 2 aliphatic rings. The van der Waals surface area contributed by atoms with Crippen molar-refractivity contribution >= 4 is 5.96 Å². The molecule has 0 amide bonds. The molecule has 2 aliphatic heterocycles. The summed E-state index contributed by atoms with van der Waals surface area (Å²) in [5.41, 5.74) is -0.305. The van der Waals surface area contributed by atoms with Crippen LogP contribution in [-0.4, -0.2) is 63.3 Å². The number of rotatable bonds is 6. The molecular formula is C23H35F3N4O. The molecule has 2 saturated heterocycles. The van der Waals surface area contributed by atoms with Crippen molar-refractivity contribution in [2.24, 2.45) is 4.99 Å². The van der Waals surface area contributed by atoms with E-state index in [1.807, 2.05) is 6.07 Å². The summed E-state index contributed by atoms with van der Waals surface area (Å²) in [6.45, 7) is 7.10. The van der Waals surface area contributed by atoms with E-state index in [2.05, 4.69) is 27.4 Å². The molecule has 0 aromatic heterocycles. The van der Waals surface area contributed by atoms with Crippen LogP contribution < -0.4 is 10.6 Å². The summed E-state index contributed by atoms with van der Waals surface area (Å²) in [7, 11) is 1.74. The summed E-state index contributed by atoms with van der Waals surface area (Å²) < 4.78 is 45.4. The summed E-state index contributed by atoms with van der Waals surface area (Å²) in [6, 6.07) is 6.11. The minimum atomic E-state index is -4.35. The fraction of sp³-hybridized carbons (Fsp3) is 0.696. The molecule has 0 aliphatic carbocycles. The van der Waals surface area contributed by atoms with Gasteiger partial charge in [-0.2, -0.15) is 13.2 Å². The van der Waals surface area contributed by atoms with Crippen molar-refractivity contribution in [3.8, 4) is 0 Å². The topological polar surface area (TPSA) is 48.9 Å². The zero-order valence-corrected chi connectivity index (χ0v) is 18.6. The average molecular weight is 441 g/mol. The van der Waals surface area contributed by atoms with Gasteiger partial charge in [0.15, 0.2) is 5.96 Å². The first-order valence-corrected chi connectivity index (χ1v) is 11.3. The minimum Gasteiger partial charge on any atom is -0.381 e. The highest BCUT2D eigenvalue weighted by Gasteiger charge is 2.37. The molecule has 2 heterocycles. The smallest absolute Gasteiger partial charge is 0.381 e. The molecule has 0 bridgehead atoms. The van der Waals surface area contributed by atoms with E-state index in [9.17, 15) is 13.2 Å². The first kappa shape index (κ1) is 23.9. The molecule has 0 radical (unpaired) electrons. The highest BCUT2D eigenvalue weighted by atomic mass is 19.4. The van der Waals surface area contributed by atoms with E-state index in [4.69, 9.17) is 4.74 Å². The number of benzene rings is 1. The fourth-order valence-electron chi connectivity index (χ4n) is 4.61. The van der Waals surface area contributed by atoms with Crippen LogP contribution in [0, 0.1) is 0 Å². The van der Waals surface area contributed by atoms with Gasteiger partial charge >= 0.3 is 6.18 Å². The Labute approximate surface area is 183 Å². The number of guanidine groups is 1. The number of alkyl halides is 3. The SMILES string of the molecule is CCCN1CCC(NC(=NC)NCC2(c3cccc(C(F)(F)F)c3)CCOCC2)CC1. The van der Waals surface area contributed by atoms with Crippen molar-refractivity contribution in [2.45, 2.75) is 56.7 Å². The van der Waals surface area contributed by atoms with Crippen molar-refractivity contribution < 1.29 is 17.9 Å². The van der Waals surface area contributed by atoms with Crippen LogP contribution in [0.1, 0.15) is 50.2 Å². The Morgan fingerprint density at radius 2 is 1.94 bits per heavy atom. The van der Waals surface area contributed by atoms with Gasteiger partial charge in [-0.3, -0.25) is 4.99 Å². The zero-order valence-electron chi connectivity index (χ0n) is 18.6. The largest absolute Gasteiger partial charge is 0.416 e. The van der Waals surface area contributed by atoms with Gasteiger partial charge in [0, 0.05) is 51.4 Å². The molecule has 31 heavy (non-hydrogen) atoms. The molecule has 2 N–H and O–H groups in total. The molecule has 8 heteroatoms. The van der Waals surface area contributed by atoms with Gasteiger partial charge in [-0.1, -0.05) is 25.1 Å². The minimum absolute atomic E-state index is 0.360. The normalized spacial score (nSPS) is 21.1. The lowest BCUT2D eigenvalue weighted by Crippen LogP contribution is -2.52. The Bertz CT molecular complexity index is 724. The number of hydrogen-bond donors (Lipinski definition) is 2. The highest BCUT2D eigenvalue weighted by molar-refractivity contribution is 5.80. The number of likely N-dealkylation sites (tertiary alicyclic amines) is 1. The lowest BCUT2D eigenvalue weighted by Gasteiger charge is -2.39. The third-order valence-corrected chi connectivity index (χ3v) is 6.54. The molecule has 0 unspecified atom stereocenters. The Morgan fingerprint density at radius 3 is 2.55 bits per heavy atom. The quantitative estimate of drug-likeness (QED) is 0.522. The third-order valence-electron chi connectivity index (χ3n) is 6.54. The molecule has 1 aromatic rings. The number of nitrogens with zero attached hydrogens (tertiary/aromatic N) is 2. The average Bonchev–Trinajstić information content (AvgIpc) is 2.78. The fourth-order valence-corrected chi connectivity index (χ4v) is 4.61. The summed E-state index contributed by atoms with van der Waals surface area (Å²) in [5, 5.41) is 6.92. The van der Waals surface area contributed by atoms with E-state index in [1.165, 1.54) is 18.6 Å². The van der Waals surface area contributed by atoms with Gasteiger partial charge in [-0.25, -0.2) is 0 Å². The van der Waals surface area contributed by atoms with Crippen molar-refractivity contribution in [1.29, 1.82) is 0 Å². The summed E-state index contributed by atoms with van der Waals surface area (Å²) in [6.07, 6.45) is 0.296. The summed E-state index contributed by atoms with van der Waals surface area (Å²) in [4.78, 5) is 6.86. The summed E-state index contributed by atoms with van der Waals surface area (Å²) >= 11 is 0. The number of aliphatic imine (C=N–C) groups is 1. The number of piperidine rings is 1. The Balaban J connectivity index is 1.66. The van der Waals surface area contributed by atoms with Gasteiger partial charge in [0.25, 0.3) is 0 Å². The van der Waals surface area contributed by atoms with Crippen LogP contribution in [0.5, 0.6) is 0 Å². The van der Waals surface area contributed by atoms with E-state index < -0.39 is 17.2 Å². The van der Waals surface area contributed by atoms with Crippen LogP contribution in [0.2, 0.25) is 0 Å². The van der Waals surface area contributed by atoms with Gasteiger partial charge in [-0.15, -0.1) is 0 Å². The van der Waals surface area contributed by atoms with Crippen LogP contribution in [-0.2, 0) is 16.3 Å². The maximum Gasteiger partial charge on any atom is 0.416 e. The second kappa shape index (κ2) is 10.7. The number of hydrogen-bond acceptors (Lipinski definition) is 3. The van der Waals surface area contributed by atoms with Crippen LogP contribution in [0.25, 0.3) is 0 Å². The van der Waals surface area contributed by atoms with Crippen LogP contribution in [0.3, 0.4) is 0 Å². The second-order valence-electron chi connectivity index (χ2n) is 8.66. The van der Waals surface area contributed by atoms with Gasteiger partial charge in [-0.05, 0) is 50.3 Å². The number of ether oxygens (including phenoxy) is 1. The monoisotopic (exact) mass is 440 g/mol. The van der Waals surface area contributed by atoms with Crippen molar-refractivity contribution in [3.63, 3.8) is 0 Å². The van der Waals surface area contributed by atoms with Gasteiger partial charge in [0.2, 0.25) is 0 Å².